The van der Waals surface area contributed by atoms with Crippen molar-refractivity contribution in [2.45, 2.75) is 13.5 Å². The maximum atomic E-state index is 12.6. The number of carbonyl (C=O) groups is 1. The highest BCUT2D eigenvalue weighted by atomic mass is 79.9. The number of hydrogen-bond acceptors (Lipinski definition) is 4. The molecule has 0 aromatic heterocycles. The molecule has 1 N–H and O–H groups in total. The zero-order valence-electron chi connectivity index (χ0n) is 17.5. The lowest BCUT2D eigenvalue weighted by molar-refractivity contribution is -0.112. The third-order valence-electron chi connectivity index (χ3n) is 4.61. The number of rotatable bonds is 7. The minimum Gasteiger partial charge on any atom is -0.493 e. The van der Waals surface area contributed by atoms with Crippen molar-refractivity contribution < 1.29 is 14.3 Å². The molecule has 0 unspecified atom stereocenters. The molecule has 162 valence electrons. The number of methoxy groups -OCH3 is 1. The summed E-state index contributed by atoms with van der Waals surface area (Å²) in [6, 6.07) is 20.3. The smallest absolute Gasteiger partial charge is 0.266 e. The molecule has 3 aromatic carbocycles. The minimum absolute atomic E-state index is 0.0672. The van der Waals surface area contributed by atoms with Gasteiger partial charge in [-0.05, 0) is 54.0 Å². The van der Waals surface area contributed by atoms with Gasteiger partial charge in [-0.25, -0.2) is 0 Å². The summed E-state index contributed by atoms with van der Waals surface area (Å²) >= 11 is 9.60. The summed E-state index contributed by atoms with van der Waals surface area (Å²) in [6.07, 6.45) is 1.48. The fraction of sp³-hybridized carbons (Fsp3) is 0.120. The van der Waals surface area contributed by atoms with Crippen molar-refractivity contribution in [2.24, 2.45) is 0 Å². The number of nitrogens with zero attached hydrogens (tertiary/aromatic N) is 1. The number of nitrogens with one attached hydrogen (secondary N) is 1. The van der Waals surface area contributed by atoms with Crippen molar-refractivity contribution in [3.8, 4) is 17.6 Å². The van der Waals surface area contributed by atoms with Crippen LogP contribution in [0.3, 0.4) is 0 Å². The second-order valence-electron chi connectivity index (χ2n) is 6.89. The van der Waals surface area contributed by atoms with Gasteiger partial charge in [-0.3, -0.25) is 4.79 Å². The van der Waals surface area contributed by atoms with Crippen LogP contribution in [0.15, 0.2) is 70.7 Å². The molecule has 0 fully saturated rings. The van der Waals surface area contributed by atoms with Crippen LogP contribution in [0.2, 0.25) is 5.02 Å². The van der Waals surface area contributed by atoms with Gasteiger partial charge in [0.05, 0.1) is 7.11 Å². The number of ether oxygens (including phenoxy) is 2. The van der Waals surface area contributed by atoms with Crippen molar-refractivity contribution >= 4 is 45.2 Å². The summed E-state index contributed by atoms with van der Waals surface area (Å²) in [6.45, 7) is 2.25. The second-order valence-corrected chi connectivity index (χ2v) is 8.15. The molecule has 32 heavy (non-hydrogen) atoms. The Labute approximate surface area is 200 Å². The highest BCUT2D eigenvalue weighted by Crippen LogP contribution is 2.35. The highest BCUT2D eigenvalue weighted by Gasteiger charge is 2.14. The number of halogens is 2. The monoisotopic (exact) mass is 510 g/mol. The summed E-state index contributed by atoms with van der Waals surface area (Å²) in [5.74, 6) is 0.485. The van der Waals surface area contributed by atoms with Gasteiger partial charge in [0.15, 0.2) is 11.5 Å². The first-order valence-electron chi connectivity index (χ1n) is 9.65. The predicted molar refractivity (Wildman–Crippen MR) is 130 cm³/mol. The zero-order valence-corrected chi connectivity index (χ0v) is 19.8. The average Bonchev–Trinajstić information content (AvgIpc) is 2.80. The van der Waals surface area contributed by atoms with Gasteiger partial charge in [-0.1, -0.05) is 63.9 Å². The third-order valence-corrected chi connectivity index (χ3v) is 5.71. The van der Waals surface area contributed by atoms with Crippen LogP contribution in [0.4, 0.5) is 5.69 Å². The third kappa shape index (κ3) is 5.91. The highest BCUT2D eigenvalue weighted by molar-refractivity contribution is 9.10. The molecule has 0 atom stereocenters. The number of aryl methyl sites for hydroxylation is 1. The van der Waals surface area contributed by atoms with Crippen LogP contribution in [0.5, 0.6) is 11.5 Å². The maximum Gasteiger partial charge on any atom is 0.266 e. The number of nitriles is 1. The van der Waals surface area contributed by atoms with E-state index < -0.39 is 5.91 Å². The van der Waals surface area contributed by atoms with Crippen molar-refractivity contribution in [3.63, 3.8) is 0 Å². The van der Waals surface area contributed by atoms with E-state index in [1.165, 1.54) is 13.2 Å². The van der Waals surface area contributed by atoms with Gasteiger partial charge in [-0.2, -0.15) is 5.26 Å². The molecule has 0 radical (unpaired) electrons. The van der Waals surface area contributed by atoms with E-state index in [0.29, 0.717) is 38.9 Å². The molecule has 0 spiro atoms. The molecular weight excluding hydrogens is 492 g/mol. The second kappa shape index (κ2) is 10.9. The van der Waals surface area contributed by atoms with E-state index in [-0.39, 0.29) is 5.57 Å². The molecule has 0 aliphatic heterocycles. The Balaban J connectivity index is 1.82. The Bertz CT molecular complexity index is 1200. The summed E-state index contributed by atoms with van der Waals surface area (Å²) in [5.41, 5.74) is 2.96. The fourth-order valence-electron chi connectivity index (χ4n) is 2.84. The Morgan fingerprint density at radius 1 is 1.16 bits per heavy atom. The van der Waals surface area contributed by atoms with Crippen LogP contribution in [0.1, 0.15) is 16.7 Å². The summed E-state index contributed by atoms with van der Waals surface area (Å²) < 4.78 is 12.0. The van der Waals surface area contributed by atoms with Crippen LogP contribution in [0, 0.1) is 18.3 Å². The van der Waals surface area contributed by atoms with Crippen LogP contribution >= 0.6 is 27.5 Å². The van der Waals surface area contributed by atoms with Gasteiger partial charge >= 0.3 is 0 Å². The average molecular weight is 512 g/mol. The van der Waals surface area contributed by atoms with Crippen LogP contribution in [-0.2, 0) is 11.4 Å². The number of amides is 1. The maximum absolute atomic E-state index is 12.6. The van der Waals surface area contributed by atoms with Gasteiger partial charge in [0.25, 0.3) is 5.91 Å². The Kier molecular flexibility index (Phi) is 7.93. The standard InChI is InChI=1S/C25H20BrClN2O3/c1-16-8-9-20(12-22(16)27)29-25(30)19(14-28)10-18-11-23(31-2)24(13-21(18)26)32-15-17-6-4-3-5-7-17/h3-13H,15H2,1-2H3,(H,29,30)/b19-10+. The van der Waals surface area contributed by atoms with E-state index in [1.807, 2.05) is 43.3 Å². The van der Waals surface area contributed by atoms with Crippen molar-refractivity contribution in [1.82, 2.24) is 0 Å². The molecule has 3 rings (SSSR count). The topological polar surface area (TPSA) is 71.3 Å². The van der Waals surface area contributed by atoms with E-state index in [2.05, 4.69) is 21.2 Å². The summed E-state index contributed by atoms with van der Waals surface area (Å²) in [7, 11) is 1.53. The number of anilines is 1. The van der Waals surface area contributed by atoms with Crippen LogP contribution in [-0.4, -0.2) is 13.0 Å². The van der Waals surface area contributed by atoms with E-state index >= 15 is 0 Å². The first-order chi connectivity index (χ1) is 15.4. The SMILES string of the molecule is COc1cc(/C=C(\C#N)C(=O)Nc2ccc(C)c(Cl)c2)c(Br)cc1OCc1ccccc1. The lowest BCUT2D eigenvalue weighted by Gasteiger charge is -2.13. The van der Waals surface area contributed by atoms with E-state index in [0.717, 1.165) is 11.1 Å². The van der Waals surface area contributed by atoms with Gasteiger partial charge in [0.1, 0.15) is 18.2 Å². The Morgan fingerprint density at radius 3 is 2.56 bits per heavy atom. The van der Waals surface area contributed by atoms with Gasteiger partial charge in [-0.15, -0.1) is 0 Å². The number of benzene rings is 3. The first kappa shape index (κ1) is 23.4. The quantitative estimate of drug-likeness (QED) is 0.289. The molecule has 3 aromatic rings. The molecule has 0 saturated heterocycles. The molecule has 5 nitrogen and oxygen atoms in total. The Hall–Kier alpha value is -3.27. The Morgan fingerprint density at radius 2 is 1.91 bits per heavy atom. The molecule has 7 heteroatoms. The van der Waals surface area contributed by atoms with Gasteiger partial charge in [0, 0.05) is 15.2 Å². The van der Waals surface area contributed by atoms with E-state index in [1.54, 1.807) is 30.3 Å². The minimum atomic E-state index is -0.539. The van der Waals surface area contributed by atoms with Crippen LogP contribution in [0.25, 0.3) is 6.08 Å². The molecule has 0 heterocycles. The lowest BCUT2D eigenvalue weighted by Crippen LogP contribution is -2.13. The molecule has 0 aliphatic carbocycles. The van der Waals surface area contributed by atoms with Crippen molar-refractivity contribution in [2.75, 3.05) is 12.4 Å². The summed E-state index contributed by atoms with van der Waals surface area (Å²) in [4.78, 5) is 12.6. The van der Waals surface area contributed by atoms with Crippen LogP contribution < -0.4 is 14.8 Å². The first-order valence-corrected chi connectivity index (χ1v) is 10.8. The zero-order chi connectivity index (χ0) is 23.1. The lowest BCUT2D eigenvalue weighted by atomic mass is 10.1. The van der Waals surface area contributed by atoms with E-state index in [4.69, 9.17) is 21.1 Å². The molecule has 0 saturated carbocycles. The molecule has 0 aliphatic rings. The summed E-state index contributed by atoms with van der Waals surface area (Å²) in [5, 5.41) is 12.8. The number of carbonyl (C=O) groups excluding carboxylic acids is 1. The predicted octanol–water partition coefficient (Wildman–Crippen LogP) is 6.54. The fourth-order valence-corrected chi connectivity index (χ4v) is 3.46. The number of hydrogen-bond donors (Lipinski definition) is 1. The van der Waals surface area contributed by atoms with Crippen molar-refractivity contribution in [1.29, 1.82) is 5.26 Å². The van der Waals surface area contributed by atoms with Gasteiger partial charge in [0.2, 0.25) is 0 Å². The largest absolute Gasteiger partial charge is 0.493 e. The molecule has 0 bridgehead atoms. The molecular formula is C25H20BrClN2O3. The van der Waals surface area contributed by atoms with E-state index in [9.17, 15) is 10.1 Å². The van der Waals surface area contributed by atoms with Crippen molar-refractivity contribution in [3.05, 3.63) is 92.4 Å². The normalized spacial score (nSPS) is 10.9. The van der Waals surface area contributed by atoms with Gasteiger partial charge < -0.3 is 14.8 Å². The molecule has 1 amide bonds.